The largest absolute Gasteiger partial charge is 0.748 e. The minimum absolute atomic E-state index is 0.129. The molecule has 1 aromatic heterocycles. The number of anilines is 1. The zero-order valence-corrected chi connectivity index (χ0v) is 35.8. The fourth-order valence-corrected chi connectivity index (χ4v) is 8.40. The summed E-state index contributed by atoms with van der Waals surface area (Å²) < 4.78 is 80.6. The third kappa shape index (κ3) is 11.0. The van der Waals surface area contributed by atoms with Gasteiger partial charge in [-0.05, 0) is 96.0 Å². The number of nitrogens with one attached hydrogen (secondary N) is 1. The second kappa shape index (κ2) is 18.6. The minimum Gasteiger partial charge on any atom is -0.748 e. The van der Waals surface area contributed by atoms with E-state index in [1.54, 1.807) is 6.92 Å². The molecular weight excluding hydrogens is 886 g/mol. The summed E-state index contributed by atoms with van der Waals surface area (Å²) in [4.78, 5) is 2.02. The van der Waals surface area contributed by atoms with Gasteiger partial charge in [-0.3, -0.25) is 0 Å². The molecule has 0 fully saturated rings. The third-order valence-corrected chi connectivity index (χ3v) is 12.2. The number of nitrogens with zero attached hydrogens (tertiary/aromatic N) is 2. The molecule has 1 aliphatic rings. The Hall–Kier alpha value is -3.83. The molecule has 0 saturated heterocycles. The Balaban J connectivity index is 1.35. The van der Waals surface area contributed by atoms with Crippen molar-refractivity contribution >= 4 is 75.0 Å². The number of unbranched alkanes of at least 4 members (excludes halogenated alkanes) is 2. The molecule has 4 aromatic carbocycles. The van der Waals surface area contributed by atoms with E-state index >= 15 is 0 Å². The molecule has 0 radical (unpaired) electrons. The third-order valence-electron chi connectivity index (χ3n) is 9.22. The summed E-state index contributed by atoms with van der Waals surface area (Å²) in [6.07, 6.45) is 6.15. The first-order chi connectivity index (χ1) is 26.8. The maximum Gasteiger partial charge on any atom is 0.374 e. The number of hydrogen-bond acceptors (Lipinski definition) is 10. The van der Waals surface area contributed by atoms with Crippen molar-refractivity contribution in [2.75, 3.05) is 29.5 Å². The lowest BCUT2D eigenvalue weighted by molar-refractivity contribution is -0.678. The Morgan fingerprint density at radius 2 is 1.45 bits per heavy atom. The van der Waals surface area contributed by atoms with Crippen LogP contribution in [0.2, 0.25) is 0 Å². The number of ether oxygens (including phenoxy) is 1. The molecule has 56 heavy (non-hydrogen) atoms. The zero-order chi connectivity index (χ0) is 39.9. The summed E-state index contributed by atoms with van der Waals surface area (Å²) in [7, 11) is -8.05. The van der Waals surface area contributed by atoms with Crippen LogP contribution in [0.15, 0.2) is 116 Å². The van der Waals surface area contributed by atoms with Crippen LogP contribution in [0.1, 0.15) is 51.8 Å². The lowest BCUT2D eigenvalue weighted by Gasteiger charge is -2.19. The number of aromatic nitrogens is 1. The fraction of sp³-hybridized carbons (Fsp3) is 0.293. The van der Waals surface area contributed by atoms with Crippen molar-refractivity contribution in [1.29, 1.82) is 0 Å². The van der Waals surface area contributed by atoms with Gasteiger partial charge in [-0.15, -0.1) is 0 Å². The quantitative estimate of drug-likeness (QED) is 0.0392. The van der Waals surface area contributed by atoms with Crippen LogP contribution in [0.3, 0.4) is 0 Å². The molecule has 15 heteroatoms. The molecule has 1 aliphatic heterocycles. The summed E-state index contributed by atoms with van der Waals surface area (Å²) in [5.74, 6) is 1.26. The highest BCUT2D eigenvalue weighted by molar-refractivity contribution is 9.10. The smallest absolute Gasteiger partial charge is 0.374 e. The van der Waals surface area contributed by atoms with Crippen molar-refractivity contribution in [3.8, 4) is 28.0 Å². The van der Waals surface area contributed by atoms with Crippen molar-refractivity contribution in [2.24, 2.45) is 0 Å². The van der Waals surface area contributed by atoms with Crippen LogP contribution in [-0.2, 0) is 31.1 Å². The number of hydroxylamine groups is 1. The summed E-state index contributed by atoms with van der Waals surface area (Å²) in [6, 6.07) is 28.1. The standard InChI is InChI=1S/C41H43Br2N3O8S2/c1-3-29(25-40-45(21-5-7-23-55(47,48)49)36-27-32(13-19-38(36)52-40)30-9-15-34(42)16-10-30)26-41-46(22-6-8-24-56(50,51)54-44-4-2)37-28-33(14-20-39(37)53-41)31-11-17-35(43)18-12-31/h9-20,25-28,44H,3-8,21-24H2,1-2H3. The number of hydrogen-bond donors (Lipinski definition) is 1. The number of benzene rings is 4. The number of fused-ring (bicyclic) bond motifs is 2. The van der Waals surface area contributed by atoms with Gasteiger partial charge >= 0.3 is 5.89 Å². The van der Waals surface area contributed by atoms with E-state index in [4.69, 9.17) is 13.4 Å². The van der Waals surface area contributed by atoms with E-state index in [2.05, 4.69) is 54.0 Å². The highest BCUT2D eigenvalue weighted by atomic mass is 79.9. The van der Waals surface area contributed by atoms with Crippen molar-refractivity contribution in [3.05, 3.63) is 117 Å². The van der Waals surface area contributed by atoms with E-state index in [-0.39, 0.29) is 12.2 Å². The fourth-order valence-electron chi connectivity index (χ4n) is 6.37. The molecule has 2 heterocycles. The lowest BCUT2D eigenvalue weighted by atomic mass is 10.0. The van der Waals surface area contributed by atoms with Crippen LogP contribution in [0, 0.1) is 0 Å². The first kappa shape index (κ1) is 41.8. The van der Waals surface area contributed by atoms with Gasteiger partial charge in [-0.25, -0.2) is 8.42 Å². The molecule has 5 aromatic rings. The van der Waals surface area contributed by atoms with Gasteiger partial charge < -0.3 is 18.6 Å². The molecule has 0 saturated carbocycles. The summed E-state index contributed by atoms with van der Waals surface area (Å²) >= 11 is 7.02. The van der Waals surface area contributed by atoms with Crippen LogP contribution in [-0.4, -0.2) is 46.0 Å². The Labute approximate surface area is 345 Å². The van der Waals surface area contributed by atoms with Gasteiger partial charge in [0.2, 0.25) is 11.5 Å². The van der Waals surface area contributed by atoms with Crippen LogP contribution >= 0.6 is 31.9 Å². The summed E-state index contributed by atoms with van der Waals surface area (Å²) in [5, 5.41) is 0. The van der Waals surface area contributed by atoms with E-state index in [9.17, 15) is 21.4 Å². The van der Waals surface area contributed by atoms with Gasteiger partial charge in [-0.2, -0.15) is 22.7 Å². The molecule has 0 amide bonds. The first-order valence-corrected chi connectivity index (χ1v) is 23.1. The normalized spacial score (nSPS) is 14.1. The van der Waals surface area contributed by atoms with Crippen LogP contribution in [0.5, 0.6) is 5.75 Å². The van der Waals surface area contributed by atoms with E-state index in [1.165, 1.54) is 0 Å². The molecule has 0 unspecified atom stereocenters. The Kier molecular flexibility index (Phi) is 13.9. The van der Waals surface area contributed by atoms with Crippen LogP contribution in [0.4, 0.5) is 5.69 Å². The molecule has 11 nitrogen and oxygen atoms in total. The van der Waals surface area contributed by atoms with Crippen molar-refractivity contribution < 1.29 is 39.4 Å². The van der Waals surface area contributed by atoms with E-state index < -0.39 is 26.0 Å². The number of halogens is 2. The van der Waals surface area contributed by atoms with Crippen LogP contribution < -0.4 is 19.7 Å². The van der Waals surface area contributed by atoms with Crippen molar-refractivity contribution in [3.63, 3.8) is 0 Å². The predicted molar refractivity (Wildman–Crippen MR) is 225 cm³/mol. The van der Waals surface area contributed by atoms with Crippen LogP contribution in [0.25, 0.3) is 39.4 Å². The molecular formula is C41H43Br2N3O8S2. The number of rotatable bonds is 18. The average Bonchev–Trinajstić information content (AvgIpc) is 3.69. The van der Waals surface area contributed by atoms with Gasteiger partial charge in [0.25, 0.3) is 15.6 Å². The van der Waals surface area contributed by atoms with Gasteiger partial charge in [-0.1, -0.05) is 82.1 Å². The molecule has 0 spiro atoms. The summed E-state index contributed by atoms with van der Waals surface area (Å²) in [5.41, 5.74) is 9.78. The number of allylic oxidation sites excluding steroid dienone is 2. The Morgan fingerprint density at radius 1 is 0.821 bits per heavy atom. The van der Waals surface area contributed by atoms with E-state index in [0.717, 1.165) is 48.0 Å². The molecule has 0 bridgehead atoms. The lowest BCUT2D eigenvalue weighted by Crippen LogP contribution is -2.35. The van der Waals surface area contributed by atoms with Gasteiger partial charge in [0, 0.05) is 46.4 Å². The van der Waals surface area contributed by atoms with Gasteiger partial charge in [0.1, 0.15) is 0 Å². The molecule has 1 N–H and O–H groups in total. The van der Waals surface area contributed by atoms with Crippen molar-refractivity contribution in [1.82, 2.24) is 5.48 Å². The first-order valence-electron chi connectivity index (χ1n) is 18.4. The molecule has 6 rings (SSSR count). The maximum atomic E-state index is 12.4. The van der Waals surface area contributed by atoms with E-state index in [1.807, 2.05) is 96.8 Å². The van der Waals surface area contributed by atoms with Gasteiger partial charge in [0.05, 0.1) is 27.6 Å². The zero-order valence-electron chi connectivity index (χ0n) is 31.0. The SMILES string of the molecule is CCNOS(=O)(=O)CCCC[n+]1c(C=C(C=C2Oc3ccc(-c4ccc(Br)cc4)cc3N2CCCCS(=O)(=O)[O-])CC)oc2ccc(-c3ccc(Br)cc3)cc21. The van der Waals surface area contributed by atoms with E-state index in [0.29, 0.717) is 68.4 Å². The Bertz CT molecular complexity index is 2450. The maximum absolute atomic E-state index is 12.4. The molecule has 0 atom stereocenters. The highest BCUT2D eigenvalue weighted by Gasteiger charge is 2.28. The highest BCUT2D eigenvalue weighted by Crippen LogP contribution is 2.42. The minimum atomic E-state index is -4.33. The second-order valence-corrected chi connectivity index (χ2v) is 18.3. The predicted octanol–water partition coefficient (Wildman–Crippen LogP) is 9.09. The number of oxazole rings is 1. The molecule has 296 valence electrons. The second-order valence-electron chi connectivity index (χ2n) is 13.3. The van der Waals surface area contributed by atoms with Gasteiger partial charge in [0.15, 0.2) is 12.3 Å². The average molecular weight is 930 g/mol. The molecule has 0 aliphatic carbocycles. The van der Waals surface area contributed by atoms with Crippen molar-refractivity contribution in [2.45, 2.75) is 52.5 Å². The Morgan fingerprint density at radius 3 is 2.09 bits per heavy atom. The monoisotopic (exact) mass is 927 g/mol. The summed E-state index contributed by atoms with van der Waals surface area (Å²) in [6.45, 7) is 5.09. The number of aryl methyl sites for hydroxylation is 1. The topological polar surface area (TPSA) is 142 Å².